The summed E-state index contributed by atoms with van der Waals surface area (Å²) in [5, 5.41) is 3.84. The van der Waals surface area contributed by atoms with Crippen LogP contribution in [0, 0.1) is 5.82 Å². The van der Waals surface area contributed by atoms with Gasteiger partial charge in [0.25, 0.3) is 11.8 Å². The van der Waals surface area contributed by atoms with E-state index in [-0.39, 0.29) is 17.1 Å². The first-order valence-corrected chi connectivity index (χ1v) is 8.87. The van der Waals surface area contributed by atoms with E-state index >= 15 is 0 Å². The Morgan fingerprint density at radius 2 is 2.00 bits per heavy atom. The number of amides is 1. The smallest absolute Gasteiger partial charge is 0.271 e. The molecule has 7 nitrogen and oxygen atoms in total. The second-order valence-corrected chi connectivity index (χ2v) is 6.45. The van der Waals surface area contributed by atoms with Gasteiger partial charge in [-0.2, -0.15) is 14.5 Å². The van der Waals surface area contributed by atoms with Crippen LogP contribution in [0.2, 0.25) is 5.28 Å². The van der Waals surface area contributed by atoms with Crippen molar-refractivity contribution in [2.24, 2.45) is 5.10 Å². The summed E-state index contributed by atoms with van der Waals surface area (Å²) in [6.45, 7) is 0. The molecule has 29 heavy (non-hydrogen) atoms. The SMILES string of the molecule is CN(C)c1cccc(C(=O)N/N=C/c2ccc(Oc3nc(Cl)ncc3F)cc2)c1. The van der Waals surface area contributed by atoms with Gasteiger partial charge < -0.3 is 9.64 Å². The lowest BCUT2D eigenvalue weighted by Crippen LogP contribution is -2.18. The van der Waals surface area contributed by atoms with Crippen LogP contribution < -0.4 is 15.1 Å². The number of nitrogens with zero attached hydrogens (tertiary/aromatic N) is 4. The maximum Gasteiger partial charge on any atom is 0.271 e. The first-order valence-electron chi connectivity index (χ1n) is 8.49. The molecule has 148 valence electrons. The molecule has 0 saturated heterocycles. The fraction of sp³-hybridized carbons (Fsp3) is 0.100. The molecule has 0 fully saturated rings. The summed E-state index contributed by atoms with van der Waals surface area (Å²) < 4.78 is 19.0. The van der Waals surface area contributed by atoms with Gasteiger partial charge in [0, 0.05) is 25.3 Å². The van der Waals surface area contributed by atoms with Crippen LogP contribution in [0.5, 0.6) is 11.6 Å². The molecule has 0 radical (unpaired) electrons. The third kappa shape index (κ3) is 5.49. The Morgan fingerprint density at radius 1 is 1.24 bits per heavy atom. The molecule has 1 aromatic heterocycles. The van der Waals surface area contributed by atoms with Gasteiger partial charge in [0.05, 0.1) is 12.4 Å². The van der Waals surface area contributed by atoms with E-state index in [1.54, 1.807) is 42.5 Å². The third-order valence-electron chi connectivity index (χ3n) is 3.78. The maximum atomic E-state index is 13.6. The van der Waals surface area contributed by atoms with Crippen LogP contribution in [0.4, 0.5) is 10.1 Å². The van der Waals surface area contributed by atoms with E-state index in [1.165, 1.54) is 6.21 Å². The molecule has 9 heteroatoms. The number of rotatable bonds is 6. The van der Waals surface area contributed by atoms with Crippen molar-refractivity contribution >= 4 is 29.4 Å². The van der Waals surface area contributed by atoms with Crippen molar-refractivity contribution in [3.63, 3.8) is 0 Å². The van der Waals surface area contributed by atoms with Crippen molar-refractivity contribution in [3.05, 3.63) is 77.0 Å². The van der Waals surface area contributed by atoms with Crippen LogP contribution >= 0.6 is 11.6 Å². The molecular weight excluding hydrogens is 397 g/mol. The Balaban J connectivity index is 1.61. The average Bonchev–Trinajstić information content (AvgIpc) is 2.72. The molecule has 1 heterocycles. The predicted octanol–water partition coefficient (Wildman–Crippen LogP) is 3.89. The molecule has 0 saturated carbocycles. The number of anilines is 1. The van der Waals surface area contributed by atoms with Gasteiger partial charge in [-0.05, 0) is 59.6 Å². The van der Waals surface area contributed by atoms with Gasteiger partial charge in [-0.3, -0.25) is 4.79 Å². The second kappa shape index (κ2) is 9.11. The average molecular weight is 414 g/mol. The van der Waals surface area contributed by atoms with E-state index in [0.29, 0.717) is 16.9 Å². The number of hydrogen-bond donors (Lipinski definition) is 1. The van der Waals surface area contributed by atoms with Crippen molar-refractivity contribution in [2.75, 3.05) is 19.0 Å². The highest BCUT2D eigenvalue weighted by Crippen LogP contribution is 2.23. The van der Waals surface area contributed by atoms with Gasteiger partial charge in [0.2, 0.25) is 11.1 Å². The Labute approximate surface area is 171 Å². The number of hydrazone groups is 1. The topological polar surface area (TPSA) is 79.7 Å². The fourth-order valence-corrected chi connectivity index (χ4v) is 2.42. The number of ether oxygens (including phenoxy) is 1. The van der Waals surface area contributed by atoms with Crippen molar-refractivity contribution in [1.29, 1.82) is 0 Å². The summed E-state index contributed by atoms with van der Waals surface area (Å²) in [4.78, 5) is 21.3. The van der Waals surface area contributed by atoms with Gasteiger partial charge >= 0.3 is 0 Å². The lowest BCUT2D eigenvalue weighted by atomic mass is 10.2. The van der Waals surface area contributed by atoms with Gasteiger partial charge in [0.15, 0.2) is 0 Å². The van der Waals surface area contributed by atoms with Gasteiger partial charge in [-0.1, -0.05) is 6.07 Å². The summed E-state index contributed by atoms with van der Waals surface area (Å²) in [5.74, 6) is -0.943. The summed E-state index contributed by atoms with van der Waals surface area (Å²) in [7, 11) is 3.80. The standard InChI is InChI=1S/C20H17ClFN5O2/c1-27(2)15-5-3-4-14(10-15)18(28)26-24-11-13-6-8-16(9-7-13)29-19-17(22)12-23-20(21)25-19/h3-12H,1-2H3,(H,26,28)/b24-11+. The van der Waals surface area contributed by atoms with E-state index in [2.05, 4.69) is 20.5 Å². The molecule has 0 spiro atoms. The molecule has 0 atom stereocenters. The van der Waals surface area contributed by atoms with Crippen LogP contribution in [0.15, 0.2) is 59.8 Å². The Hall–Kier alpha value is -3.52. The highest BCUT2D eigenvalue weighted by molar-refractivity contribution is 6.28. The van der Waals surface area contributed by atoms with Gasteiger partial charge in [0.1, 0.15) is 5.75 Å². The number of nitrogens with one attached hydrogen (secondary N) is 1. The van der Waals surface area contributed by atoms with Crippen LogP contribution in [0.25, 0.3) is 0 Å². The highest BCUT2D eigenvalue weighted by Gasteiger charge is 2.09. The highest BCUT2D eigenvalue weighted by atomic mass is 35.5. The Kier molecular flexibility index (Phi) is 6.36. The zero-order chi connectivity index (χ0) is 20.8. The first kappa shape index (κ1) is 20.2. The monoisotopic (exact) mass is 413 g/mol. The lowest BCUT2D eigenvalue weighted by molar-refractivity contribution is 0.0955. The summed E-state index contributed by atoms with van der Waals surface area (Å²) in [6.07, 6.45) is 2.42. The summed E-state index contributed by atoms with van der Waals surface area (Å²) in [6, 6.07) is 13.8. The van der Waals surface area contributed by atoms with Crippen LogP contribution in [-0.4, -0.2) is 36.2 Å². The number of halogens is 2. The fourth-order valence-electron chi connectivity index (χ4n) is 2.29. The van der Waals surface area contributed by atoms with E-state index in [0.717, 1.165) is 11.9 Å². The largest absolute Gasteiger partial charge is 0.436 e. The Bertz CT molecular complexity index is 1040. The molecule has 2 aromatic carbocycles. The van der Waals surface area contributed by atoms with E-state index in [1.807, 2.05) is 25.1 Å². The number of carbonyl (C=O) groups is 1. The van der Waals surface area contributed by atoms with Gasteiger partial charge in [-0.15, -0.1) is 0 Å². The minimum Gasteiger partial charge on any atom is -0.436 e. The number of benzene rings is 2. The van der Waals surface area contributed by atoms with Crippen LogP contribution in [0.1, 0.15) is 15.9 Å². The zero-order valence-corrected chi connectivity index (χ0v) is 16.4. The van der Waals surface area contributed by atoms with Crippen LogP contribution in [-0.2, 0) is 0 Å². The number of carbonyl (C=O) groups excluding carboxylic acids is 1. The van der Waals surface area contributed by atoms with E-state index < -0.39 is 5.82 Å². The van der Waals surface area contributed by atoms with Crippen molar-refractivity contribution < 1.29 is 13.9 Å². The third-order valence-corrected chi connectivity index (χ3v) is 3.96. The van der Waals surface area contributed by atoms with Crippen molar-refractivity contribution in [3.8, 4) is 11.6 Å². The van der Waals surface area contributed by atoms with E-state index in [4.69, 9.17) is 16.3 Å². The molecule has 0 aliphatic carbocycles. The normalized spacial score (nSPS) is 10.8. The minimum atomic E-state index is -0.721. The molecule has 1 amide bonds. The molecular formula is C20H17ClFN5O2. The quantitative estimate of drug-likeness (QED) is 0.376. The lowest BCUT2D eigenvalue weighted by Gasteiger charge is -2.12. The molecule has 3 aromatic rings. The summed E-state index contributed by atoms with van der Waals surface area (Å²) >= 11 is 5.64. The van der Waals surface area contributed by atoms with Crippen LogP contribution in [0.3, 0.4) is 0 Å². The molecule has 0 aliphatic rings. The Morgan fingerprint density at radius 3 is 2.72 bits per heavy atom. The van der Waals surface area contributed by atoms with Gasteiger partial charge in [-0.25, -0.2) is 10.4 Å². The molecule has 0 unspecified atom stereocenters. The minimum absolute atomic E-state index is 0.114. The predicted molar refractivity (Wildman–Crippen MR) is 109 cm³/mol. The molecule has 3 rings (SSSR count). The number of aromatic nitrogens is 2. The van der Waals surface area contributed by atoms with E-state index in [9.17, 15) is 9.18 Å². The maximum absolute atomic E-state index is 13.6. The van der Waals surface area contributed by atoms with Crippen molar-refractivity contribution in [1.82, 2.24) is 15.4 Å². The molecule has 0 aliphatic heterocycles. The van der Waals surface area contributed by atoms with Crippen molar-refractivity contribution in [2.45, 2.75) is 0 Å². The number of hydrogen-bond acceptors (Lipinski definition) is 6. The zero-order valence-electron chi connectivity index (χ0n) is 15.6. The first-order chi connectivity index (χ1) is 13.9. The summed E-state index contributed by atoms with van der Waals surface area (Å²) in [5.41, 5.74) is 4.61. The second-order valence-electron chi connectivity index (χ2n) is 6.11. The molecule has 1 N–H and O–H groups in total. The molecule has 0 bridgehead atoms.